The van der Waals surface area contributed by atoms with Crippen LogP contribution < -0.4 is 5.32 Å². The van der Waals surface area contributed by atoms with E-state index in [9.17, 15) is 24.0 Å². The number of rotatable bonds is 9. The van der Waals surface area contributed by atoms with Gasteiger partial charge in [-0.3, -0.25) is 24.0 Å². The molecule has 0 aliphatic carbocycles. The standard InChI is InChI=1S/C19H23NO6/c1-11(2)14(9-17(23)16(22)7-12-4-6-26-10-12)15(21)8-13-3-5-20-19(25)18(13)24/h4,6,10-11,13-14H,3,5,7-9H2,1-2H3,(H,20,25). The lowest BCUT2D eigenvalue weighted by Crippen LogP contribution is -2.43. The second-order valence-electron chi connectivity index (χ2n) is 6.99. The zero-order valence-corrected chi connectivity index (χ0v) is 14.9. The van der Waals surface area contributed by atoms with Crippen molar-refractivity contribution in [1.29, 1.82) is 0 Å². The minimum absolute atomic E-state index is 0.0599. The highest BCUT2D eigenvalue weighted by Crippen LogP contribution is 2.24. The lowest BCUT2D eigenvalue weighted by atomic mass is 9.80. The smallest absolute Gasteiger partial charge is 0.287 e. The van der Waals surface area contributed by atoms with Crippen LogP contribution in [0.25, 0.3) is 0 Å². The Morgan fingerprint density at radius 1 is 1.23 bits per heavy atom. The molecule has 0 saturated carbocycles. The number of carbonyl (C=O) groups is 5. The lowest BCUT2D eigenvalue weighted by molar-refractivity contribution is -0.143. The van der Waals surface area contributed by atoms with Crippen molar-refractivity contribution in [3.8, 4) is 0 Å². The summed E-state index contributed by atoms with van der Waals surface area (Å²) in [6, 6.07) is 1.61. The van der Waals surface area contributed by atoms with E-state index in [0.29, 0.717) is 18.5 Å². The van der Waals surface area contributed by atoms with E-state index in [-0.39, 0.29) is 31.0 Å². The number of hydrogen-bond donors (Lipinski definition) is 1. The molecule has 0 aromatic carbocycles. The van der Waals surface area contributed by atoms with Gasteiger partial charge in [-0.1, -0.05) is 13.8 Å². The molecule has 140 valence electrons. The first-order chi connectivity index (χ1) is 12.3. The summed E-state index contributed by atoms with van der Waals surface area (Å²) in [5.74, 6) is -4.12. The Balaban J connectivity index is 1.97. The van der Waals surface area contributed by atoms with Gasteiger partial charge in [0.25, 0.3) is 5.91 Å². The van der Waals surface area contributed by atoms with Crippen molar-refractivity contribution in [3.05, 3.63) is 24.2 Å². The van der Waals surface area contributed by atoms with Crippen LogP contribution in [0, 0.1) is 17.8 Å². The molecule has 1 aliphatic heterocycles. The molecule has 1 aliphatic rings. The van der Waals surface area contributed by atoms with E-state index in [1.165, 1.54) is 12.5 Å². The Kier molecular flexibility index (Phi) is 6.60. The van der Waals surface area contributed by atoms with E-state index in [1.54, 1.807) is 19.9 Å². The average molecular weight is 361 g/mol. The Hall–Kier alpha value is -2.57. The Morgan fingerprint density at radius 2 is 1.96 bits per heavy atom. The van der Waals surface area contributed by atoms with Crippen LogP contribution in [-0.2, 0) is 30.4 Å². The number of furan rings is 1. The van der Waals surface area contributed by atoms with E-state index in [1.807, 2.05) is 0 Å². The molecule has 0 radical (unpaired) electrons. The Morgan fingerprint density at radius 3 is 2.58 bits per heavy atom. The quantitative estimate of drug-likeness (QED) is 0.664. The van der Waals surface area contributed by atoms with Gasteiger partial charge in [0, 0.05) is 37.6 Å². The minimum atomic E-state index is -0.665. The molecular weight excluding hydrogens is 338 g/mol. The van der Waals surface area contributed by atoms with Crippen molar-refractivity contribution >= 4 is 29.0 Å². The van der Waals surface area contributed by atoms with Crippen molar-refractivity contribution in [1.82, 2.24) is 5.32 Å². The van der Waals surface area contributed by atoms with Crippen LogP contribution in [0.5, 0.6) is 0 Å². The molecule has 1 saturated heterocycles. The predicted octanol–water partition coefficient (Wildman–Crippen LogP) is 1.29. The third-order valence-electron chi connectivity index (χ3n) is 4.70. The lowest BCUT2D eigenvalue weighted by Gasteiger charge is -2.24. The van der Waals surface area contributed by atoms with Gasteiger partial charge in [-0.25, -0.2) is 0 Å². The summed E-state index contributed by atoms with van der Waals surface area (Å²) in [5.41, 5.74) is 0.606. The number of amides is 1. The van der Waals surface area contributed by atoms with Gasteiger partial charge < -0.3 is 9.73 Å². The molecule has 0 bridgehead atoms. The topological polar surface area (TPSA) is 111 Å². The van der Waals surface area contributed by atoms with Crippen molar-refractivity contribution in [2.75, 3.05) is 6.54 Å². The SMILES string of the molecule is CC(C)C(CC(=O)C(=O)Cc1ccoc1)C(=O)CC1CCNC(=O)C1=O. The molecule has 26 heavy (non-hydrogen) atoms. The maximum atomic E-state index is 12.6. The van der Waals surface area contributed by atoms with Gasteiger partial charge in [-0.05, 0) is 24.0 Å². The van der Waals surface area contributed by atoms with Crippen LogP contribution in [-0.4, -0.2) is 35.6 Å². The van der Waals surface area contributed by atoms with Crippen LogP contribution >= 0.6 is 0 Å². The van der Waals surface area contributed by atoms with Crippen LogP contribution in [0.15, 0.2) is 23.0 Å². The number of nitrogens with one attached hydrogen (secondary N) is 1. The zero-order valence-electron chi connectivity index (χ0n) is 14.9. The average Bonchev–Trinajstić information content (AvgIpc) is 3.09. The maximum Gasteiger partial charge on any atom is 0.287 e. The van der Waals surface area contributed by atoms with E-state index >= 15 is 0 Å². The minimum Gasteiger partial charge on any atom is -0.472 e. The largest absolute Gasteiger partial charge is 0.472 e. The van der Waals surface area contributed by atoms with Crippen molar-refractivity contribution in [3.63, 3.8) is 0 Å². The molecule has 7 heteroatoms. The van der Waals surface area contributed by atoms with Gasteiger partial charge in [0.05, 0.1) is 12.5 Å². The molecular formula is C19H23NO6. The molecule has 1 fully saturated rings. The number of ketones is 4. The van der Waals surface area contributed by atoms with E-state index in [2.05, 4.69) is 5.32 Å². The highest BCUT2D eigenvalue weighted by Gasteiger charge is 2.34. The Labute approximate surface area is 151 Å². The zero-order chi connectivity index (χ0) is 19.3. The highest BCUT2D eigenvalue weighted by atomic mass is 16.3. The van der Waals surface area contributed by atoms with Crippen molar-refractivity contribution in [2.24, 2.45) is 17.8 Å². The first-order valence-electron chi connectivity index (χ1n) is 8.71. The first-order valence-corrected chi connectivity index (χ1v) is 8.71. The molecule has 1 amide bonds. The van der Waals surface area contributed by atoms with Gasteiger partial charge in [-0.2, -0.15) is 0 Å². The fourth-order valence-electron chi connectivity index (χ4n) is 3.06. The van der Waals surface area contributed by atoms with Crippen LogP contribution in [0.3, 0.4) is 0 Å². The summed E-state index contributed by atoms with van der Waals surface area (Å²) in [6.45, 7) is 3.95. The number of hydrogen-bond acceptors (Lipinski definition) is 6. The molecule has 2 rings (SSSR count). The highest BCUT2D eigenvalue weighted by molar-refractivity contribution is 6.38. The number of piperidine rings is 1. The second-order valence-corrected chi connectivity index (χ2v) is 6.99. The summed E-state index contributed by atoms with van der Waals surface area (Å²) in [7, 11) is 0. The summed E-state index contributed by atoms with van der Waals surface area (Å²) < 4.78 is 4.87. The van der Waals surface area contributed by atoms with Gasteiger partial charge in [0.15, 0.2) is 5.78 Å². The third kappa shape index (κ3) is 4.97. The molecule has 1 N–H and O–H groups in total. The fraction of sp³-hybridized carbons (Fsp3) is 0.526. The number of Topliss-reactive ketones (excluding diaryl/α,β-unsaturated/α-hetero) is 4. The third-order valence-corrected chi connectivity index (χ3v) is 4.70. The second kappa shape index (κ2) is 8.69. The summed E-state index contributed by atoms with van der Waals surface area (Å²) in [5, 5.41) is 2.45. The van der Waals surface area contributed by atoms with Crippen LogP contribution in [0.2, 0.25) is 0 Å². The predicted molar refractivity (Wildman–Crippen MR) is 91.1 cm³/mol. The van der Waals surface area contributed by atoms with E-state index < -0.39 is 35.1 Å². The molecule has 7 nitrogen and oxygen atoms in total. The normalized spacial score (nSPS) is 18.5. The van der Waals surface area contributed by atoms with Crippen molar-refractivity contribution in [2.45, 2.75) is 39.5 Å². The van der Waals surface area contributed by atoms with Crippen LogP contribution in [0.4, 0.5) is 0 Å². The Bertz CT molecular complexity index is 704. The molecule has 2 atom stereocenters. The fourth-order valence-corrected chi connectivity index (χ4v) is 3.06. The summed E-state index contributed by atoms with van der Waals surface area (Å²) >= 11 is 0. The first kappa shape index (κ1) is 19.8. The monoisotopic (exact) mass is 361 g/mol. The summed E-state index contributed by atoms with van der Waals surface area (Å²) in [6.07, 6.45) is 2.92. The summed E-state index contributed by atoms with van der Waals surface area (Å²) in [4.78, 5) is 60.2. The van der Waals surface area contributed by atoms with Gasteiger partial charge >= 0.3 is 0 Å². The van der Waals surface area contributed by atoms with E-state index in [4.69, 9.17) is 4.42 Å². The maximum absolute atomic E-state index is 12.6. The molecule has 2 heterocycles. The molecule has 2 unspecified atom stereocenters. The van der Waals surface area contributed by atoms with Crippen LogP contribution in [0.1, 0.15) is 38.7 Å². The number of carbonyl (C=O) groups excluding carboxylic acids is 5. The molecule has 1 aromatic heterocycles. The molecule has 1 aromatic rings. The van der Waals surface area contributed by atoms with E-state index in [0.717, 1.165) is 0 Å². The van der Waals surface area contributed by atoms with Gasteiger partial charge in [0.1, 0.15) is 5.78 Å². The van der Waals surface area contributed by atoms with Crippen molar-refractivity contribution < 1.29 is 28.4 Å². The molecule has 0 spiro atoms. The van der Waals surface area contributed by atoms with Gasteiger partial charge in [-0.15, -0.1) is 0 Å². The van der Waals surface area contributed by atoms with Gasteiger partial charge in [0.2, 0.25) is 11.6 Å².